The van der Waals surface area contributed by atoms with Gasteiger partial charge in [0, 0.05) is 35.6 Å². The van der Waals surface area contributed by atoms with Gasteiger partial charge in [0.05, 0.1) is 4.90 Å². The highest BCUT2D eigenvalue weighted by molar-refractivity contribution is 7.89. The maximum absolute atomic E-state index is 12.6. The van der Waals surface area contributed by atoms with Crippen LogP contribution in [0.3, 0.4) is 0 Å². The molecule has 1 aromatic rings. The quantitative estimate of drug-likeness (QED) is 0.834. The Labute approximate surface area is 131 Å². The lowest BCUT2D eigenvalue weighted by Crippen LogP contribution is -2.40. The summed E-state index contributed by atoms with van der Waals surface area (Å²) in [5.41, 5.74) is 0. The van der Waals surface area contributed by atoms with Gasteiger partial charge in [-0.25, -0.2) is 13.1 Å². The first-order chi connectivity index (χ1) is 9.94. The number of aryl methyl sites for hydroxylation is 1. The van der Waals surface area contributed by atoms with Gasteiger partial charge in [0.1, 0.15) is 0 Å². The van der Waals surface area contributed by atoms with Gasteiger partial charge in [-0.3, -0.25) is 0 Å². The Morgan fingerprint density at radius 1 is 1.43 bits per heavy atom. The van der Waals surface area contributed by atoms with Crippen molar-refractivity contribution in [2.45, 2.75) is 44.2 Å². The minimum atomic E-state index is -3.45. The second kappa shape index (κ2) is 7.19. The van der Waals surface area contributed by atoms with Gasteiger partial charge in [0.2, 0.25) is 10.0 Å². The molecule has 1 fully saturated rings. The van der Waals surface area contributed by atoms with E-state index in [1.807, 2.05) is 20.9 Å². The van der Waals surface area contributed by atoms with Crippen LogP contribution in [0.5, 0.6) is 0 Å². The summed E-state index contributed by atoms with van der Waals surface area (Å²) < 4.78 is 33.3. The molecule has 0 bridgehead atoms. The molecule has 0 aliphatic carbocycles. The summed E-state index contributed by atoms with van der Waals surface area (Å²) in [7, 11) is -1.59. The molecular weight excluding hydrogens is 308 g/mol. The maximum atomic E-state index is 12.6. The molecule has 1 aliphatic rings. The van der Waals surface area contributed by atoms with E-state index in [1.54, 1.807) is 6.07 Å². The van der Waals surface area contributed by atoms with Crippen LogP contribution in [0.25, 0.3) is 0 Å². The zero-order valence-electron chi connectivity index (χ0n) is 12.8. The fourth-order valence-corrected chi connectivity index (χ4v) is 5.63. The van der Waals surface area contributed by atoms with Gasteiger partial charge in [-0.1, -0.05) is 0 Å². The lowest BCUT2D eigenvalue weighted by atomic mass is 9.94. The van der Waals surface area contributed by atoms with Crippen molar-refractivity contribution in [1.82, 2.24) is 10.0 Å². The highest BCUT2D eigenvalue weighted by Crippen LogP contribution is 2.27. The van der Waals surface area contributed by atoms with Crippen molar-refractivity contribution in [3.63, 3.8) is 0 Å². The van der Waals surface area contributed by atoms with Crippen LogP contribution < -0.4 is 10.0 Å². The molecule has 21 heavy (non-hydrogen) atoms. The Bertz CT molecular complexity index is 563. The van der Waals surface area contributed by atoms with Crippen molar-refractivity contribution in [3.05, 3.63) is 15.8 Å². The highest BCUT2D eigenvalue weighted by Gasteiger charge is 2.27. The molecule has 1 aliphatic heterocycles. The van der Waals surface area contributed by atoms with Crippen LogP contribution in [-0.2, 0) is 21.3 Å². The second-order valence-electron chi connectivity index (χ2n) is 5.52. The first-order valence-electron chi connectivity index (χ1n) is 7.28. The van der Waals surface area contributed by atoms with E-state index in [2.05, 4.69) is 10.0 Å². The molecule has 2 heterocycles. The van der Waals surface area contributed by atoms with E-state index in [4.69, 9.17) is 4.74 Å². The molecule has 0 aromatic carbocycles. The van der Waals surface area contributed by atoms with Crippen molar-refractivity contribution >= 4 is 21.4 Å². The number of hydrogen-bond donors (Lipinski definition) is 2. The summed E-state index contributed by atoms with van der Waals surface area (Å²) in [5.74, 6) is 0.351. The summed E-state index contributed by atoms with van der Waals surface area (Å²) in [4.78, 5) is 2.29. The molecule has 0 saturated carbocycles. The largest absolute Gasteiger partial charge is 0.381 e. The summed E-state index contributed by atoms with van der Waals surface area (Å²) in [6.45, 7) is 5.94. The predicted molar refractivity (Wildman–Crippen MR) is 85.1 cm³/mol. The Hall–Kier alpha value is -0.470. The summed E-state index contributed by atoms with van der Waals surface area (Å²) in [6, 6.07) is 1.71. The molecule has 120 valence electrons. The SMILES string of the molecule is CNCc1cc(S(=O)(=O)NC(C)C2CCOCC2)c(C)s1. The van der Waals surface area contributed by atoms with Gasteiger partial charge >= 0.3 is 0 Å². The van der Waals surface area contributed by atoms with Gasteiger partial charge in [0.25, 0.3) is 0 Å². The van der Waals surface area contributed by atoms with E-state index in [0.717, 1.165) is 35.8 Å². The number of rotatable bonds is 6. The van der Waals surface area contributed by atoms with Gasteiger partial charge in [0.15, 0.2) is 0 Å². The summed E-state index contributed by atoms with van der Waals surface area (Å²) in [6.07, 6.45) is 1.83. The van der Waals surface area contributed by atoms with E-state index in [9.17, 15) is 8.42 Å². The Morgan fingerprint density at radius 2 is 2.10 bits per heavy atom. The van der Waals surface area contributed by atoms with E-state index >= 15 is 0 Å². The van der Waals surface area contributed by atoms with Gasteiger partial charge in [-0.05, 0) is 45.7 Å². The van der Waals surface area contributed by atoms with E-state index in [1.165, 1.54) is 11.3 Å². The molecule has 1 atom stereocenters. The number of thiophene rings is 1. The summed E-state index contributed by atoms with van der Waals surface area (Å²) >= 11 is 1.53. The zero-order valence-corrected chi connectivity index (χ0v) is 14.4. The normalized spacial score (nSPS) is 18.8. The van der Waals surface area contributed by atoms with Crippen LogP contribution in [-0.4, -0.2) is 34.7 Å². The van der Waals surface area contributed by atoms with Crippen molar-refractivity contribution in [3.8, 4) is 0 Å². The average molecular weight is 332 g/mol. The van der Waals surface area contributed by atoms with E-state index in [-0.39, 0.29) is 6.04 Å². The fourth-order valence-electron chi connectivity index (χ4n) is 2.67. The van der Waals surface area contributed by atoms with Crippen LogP contribution in [0.15, 0.2) is 11.0 Å². The molecule has 2 N–H and O–H groups in total. The number of ether oxygens (including phenoxy) is 1. The first-order valence-corrected chi connectivity index (χ1v) is 9.58. The van der Waals surface area contributed by atoms with E-state index < -0.39 is 10.0 Å². The number of nitrogens with one attached hydrogen (secondary N) is 2. The molecule has 0 radical (unpaired) electrons. The first kappa shape index (κ1) is 16.9. The van der Waals surface area contributed by atoms with Crippen LogP contribution in [0.4, 0.5) is 0 Å². The molecule has 1 saturated heterocycles. The van der Waals surface area contributed by atoms with Crippen LogP contribution in [0, 0.1) is 12.8 Å². The summed E-state index contributed by atoms with van der Waals surface area (Å²) in [5, 5.41) is 3.05. The minimum Gasteiger partial charge on any atom is -0.381 e. The third-order valence-electron chi connectivity index (χ3n) is 3.88. The van der Waals surface area contributed by atoms with Gasteiger partial charge in [-0.2, -0.15) is 0 Å². The van der Waals surface area contributed by atoms with Gasteiger partial charge < -0.3 is 10.1 Å². The van der Waals surface area contributed by atoms with Crippen LogP contribution >= 0.6 is 11.3 Å². The lowest BCUT2D eigenvalue weighted by molar-refractivity contribution is 0.0585. The molecule has 5 nitrogen and oxygen atoms in total. The highest BCUT2D eigenvalue weighted by atomic mass is 32.2. The van der Waals surface area contributed by atoms with Crippen LogP contribution in [0.2, 0.25) is 0 Å². The fraction of sp³-hybridized carbons (Fsp3) is 0.714. The third kappa shape index (κ3) is 4.26. The number of sulfonamides is 1. The Kier molecular flexibility index (Phi) is 5.79. The Balaban J connectivity index is 2.10. The average Bonchev–Trinajstić information content (AvgIpc) is 2.81. The van der Waals surface area contributed by atoms with E-state index in [0.29, 0.717) is 17.4 Å². The lowest BCUT2D eigenvalue weighted by Gasteiger charge is -2.28. The maximum Gasteiger partial charge on any atom is 0.241 e. The molecule has 0 spiro atoms. The monoisotopic (exact) mass is 332 g/mol. The third-order valence-corrected chi connectivity index (χ3v) is 6.74. The second-order valence-corrected chi connectivity index (χ2v) is 8.55. The topological polar surface area (TPSA) is 67.4 Å². The smallest absolute Gasteiger partial charge is 0.241 e. The van der Waals surface area contributed by atoms with Crippen molar-refractivity contribution in [1.29, 1.82) is 0 Å². The van der Waals surface area contributed by atoms with Gasteiger partial charge in [-0.15, -0.1) is 11.3 Å². The predicted octanol–water partition coefficient (Wildman–Crippen LogP) is 1.87. The van der Waals surface area contributed by atoms with Crippen molar-refractivity contribution in [2.75, 3.05) is 20.3 Å². The number of hydrogen-bond acceptors (Lipinski definition) is 5. The molecule has 1 unspecified atom stereocenters. The standard InChI is InChI=1S/C14H24N2O3S2/c1-10(12-4-6-19-7-5-12)16-21(17,18)14-8-13(9-15-3)20-11(14)2/h8,10,12,15-16H,4-7,9H2,1-3H3. The zero-order chi connectivity index (χ0) is 15.5. The van der Waals surface area contributed by atoms with Crippen molar-refractivity contribution in [2.24, 2.45) is 5.92 Å². The molecule has 0 amide bonds. The molecule has 1 aromatic heterocycles. The van der Waals surface area contributed by atoms with Crippen molar-refractivity contribution < 1.29 is 13.2 Å². The van der Waals surface area contributed by atoms with Crippen LogP contribution in [0.1, 0.15) is 29.5 Å². The Morgan fingerprint density at radius 3 is 2.71 bits per heavy atom. The minimum absolute atomic E-state index is 0.0639. The molecule has 7 heteroatoms. The molecule has 2 rings (SSSR count). The molecular formula is C14H24N2O3S2.